The minimum Gasteiger partial charge on any atom is -0.396 e. The molecule has 0 radical (unpaired) electrons. The number of hydroxylamine groups is 2. The lowest BCUT2D eigenvalue weighted by Crippen LogP contribution is -2.56. The fourth-order valence-corrected chi connectivity index (χ4v) is 3.59. The van der Waals surface area contributed by atoms with E-state index in [4.69, 9.17) is 9.66 Å². The Balaban J connectivity index is 1.51. The SMILES string of the molecule is O=C(CN1NNN=C1CCO)NNC(=O)[C@@H]1CC[C@@H]2CN1C(=O)N2OS(=O)(=O)O. The second-order valence-corrected chi connectivity index (χ2v) is 7.36. The van der Waals surface area contributed by atoms with Gasteiger partial charge in [0.2, 0.25) is 0 Å². The van der Waals surface area contributed by atoms with Crippen LogP contribution in [0, 0.1) is 0 Å². The zero-order valence-electron chi connectivity index (χ0n) is 14.9. The molecule has 0 aromatic rings. The van der Waals surface area contributed by atoms with Crippen LogP contribution >= 0.6 is 0 Å². The summed E-state index contributed by atoms with van der Waals surface area (Å²) in [4.78, 5) is 37.8. The maximum Gasteiger partial charge on any atom is 0.418 e. The van der Waals surface area contributed by atoms with E-state index < -0.39 is 40.3 Å². The molecule has 29 heavy (non-hydrogen) atoms. The molecule has 2 saturated heterocycles. The zero-order valence-corrected chi connectivity index (χ0v) is 15.8. The monoisotopic (exact) mass is 436 g/mol. The number of nitrogens with one attached hydrogen (secondary N) is 4. The van der Waals surface area contributed by atoms with Crippen LogP contribution in [0.4, 0.5) is 4.79 Å². The van der Waals surface area contributed by atoms with E-state index >= 15 is 0 Å². The number of urea groups is 1. The van der Waals surface area contributed by atoms with Crippen LogP contribution in [0.5, 0.6) is 0 Å². The molecule has 2 atom stereocenters. The molecule has 0 unspecified atom stereocenters. The molecule has 162 valence electrons. The van der Waals surface area contributed by atoms with Crippen LogP contribution in [-0.4, -0.2) is 88.5 Å². The van der Waals surface area contributed by atoms with Gasteiger partial charge in [0, 0.05) is 13.0 Å². The van der Waals surface area contributed by atoms with Gasteiger partial charge in [-0.2, -0.15) is 13.5 Å². The number of nitrogens with zero attached hydrogens (tertiary/aromatic N) is 4. The lowest BCUT2D eigenvalue weighted by atomic mass is 10.0. The van der Waals surface area contributed by atoms with Gasteiger partial charge in [0.05, 0.1) is 12.6 Å². The largest absolute Gasteiger partial charge is 0.418 e. The lowest BCUT2D eigenvalue weighted by molar-refractivity contribution is -0.132. The summed E-state index contributed by atoms with van der Waals surface area (Å²) in [7, 11) is -4.88. The van der Waals surface area contributed by atoms with Gasteiger partial charge in [-0.3, -0.25) is 30.0 Å². The molecule has 2 fully saturated rings. The third-order valence-electron chi connectivity index (χ3n) is 4.44. The minimum atomic E-state index is -4.88. The summed E-state index contributed by atoms with van der Waals surface area (Å²) in [6.07, 6.45) is 0.671. The van der Waals surface area contributed by atoms with E-state index in [0.29, 0.717) is 10.9 Å². The number of amides is 4. The maximum absolute atomic E-state index is 12.4. The van der Waals surface area contributed by atoms with Gasteiger partial charge in [-0.15, -0.1) is 14.9 Å². The number of aliphatic hydroxyl groups is 1. The van der Waals surface area contributed by atoms with E-state index in [1.54, 1.807) is 0 Å². The Morgan fingerprint density at radius 3 is 2.76 bits per heavy atom. The molecular weight excluding hydrogens is 416 g/mol. The number of hydrogen-bond acceptors (Lipinski definition) is 11. The fraction of sp³-hybridized carbons (Fsp3) is 0.667. The normalized spacial score (nSPS) is 23.7. The van der Waals surface area contributed by atoms with Crippen LogP contribution in [0.2, 0.25) is 0 Å². The summed E-state index contributed by atoms with van der Waals surface area (Å²) in [5, 5.41) is 14.6. The molecule has 16 nitrogen and oxygen atoms in total. The predicted molar refractivity (Wildman–Crippen MR) is 91.8 cm³/mol. The number of aliphatic hydroxyl groups excluding tert-OH is 1. The van der Waals surface area contributed by atoms with E-state index in [1.807, 2.05) is 0 Å². The van der Waals surface area contributed by atoms with Crippen LogP contribution in [-0.2, 0) is 24.3 Å². The third-order valence-corrected chi connectivity index (χ3v) is 4.79. The van der Waals surface area contributed by atoms with Crippen molar-refractivity contribution in [2.45, 2.75) is 31.3 Å². The number of rotatable bonds is 7. The predicted octanol–water partition coefficient (Wildman–Crippen LogP) is -3.84. The molecule has 0 aromatic heterocycles. The molecule has 3 rings (SSSR count). The molecule has 17 heteroatoms. The standard InChI is InChI=1S/C12H20N8O8S/c21-4-3-9-13-16-17-19(9)6-10(22)14-15-11(23)8-2-1-7-5-18(8)12(24)20(7)28-29(25,26)27/h7-8,16-17,21H,1-6H2,(H,14,22)(H,15,23)(H,25,26,27)/t7-,8+/m1/s1. The van der Waals surface area contributed by atoms with Crippen LogP contribution in [0.3, 0.4) is 0 Å². The zero-order chi connectivity index (χ0) is 21.2. The summed E-state index contributed by atoms with van der Waals surface area (Å²) < 4.78 is 34.8. The Morgan fingerprint density at radius 2 is 2.07 bits per heavy atom. The first kappa shape index (κ1) is 21.0. The van der Waals surface area contributed by atoms with Crippen molar-refractivity contribution < 1.29 is 36.7 Å². The van der Waals surface area contributed by atoms with Crippen molar-refractivity contribution in [3.63, 3.8) is 0 Å². The summed E-state index contributed by atoms with van der Waals surface area (Å²) in [5.41, 5.74) is 9.44. The number of piperidine rings is 1. The number of carbonyl (C=O) groups is 3. The van der Waals surface area contributed by atoms with Crippen molar-refractivity contribution in [3.8, 4) is 0 Å². The Morgan fingerprint density at radius 1 is 1.31 bits per heavy atom. The van der Waals surface area contributed by atoms with Crippen LogP contribution in [0.1, 0.15) is 19.3 Å². The number of hydrazone groups is 1. The number of fused-ring (bicyclic) bond motifs is 2. The summed E-state index contributed by atoms with van der Waals surface area (Å²) >= 11 is 0. The highest BCUT2D eigenvalue weighted by Gasteiger charge is 2.49. The van der Waals surface area contributed by atoms with Crippen molar-refractivity contribution in [1.82, 2.24) is 36.9 Å². The molecule has 3 aliphatic heterocycles. The van der Waals surface area contributed by atoms with Crippen molar-refractivity contribution in [3.05, 3.63) is 0 Å². The second-order valence-electron chi connectivity index (χ2n) is 6.36. The first-order valence-electron chi connectivity index (χ1n) is 8.50. The first-order valence-corrected chi connectivity index (χ1v) is 9.87. The Labute approximate surface area is 164 Å². The van der Waals surface area contributed by atoms with Gasteiger partial charge in [0.25, 0.3) is 11.8 Å². The van der Waals surface area contributed by atoms with Gasteiger partial charge in [0.15, 0.2) is 0 Å². The number of hydrogen-bond donors (Lipinski definition) is 6. The van der Waals surface area contributed by atoms with Crippen molar-refractivity contribution >= 4 is 34.1 Å². The average Bonchev–Trinajstić information content (AvgIpc) is 3.17. The molecule has 0 spiro atoms. The van der Waals surface area contributed by atoms with Crippen LogP contribution < -0.4 is 21.9 Å². The van der Waals surface area contributed by atoms with Gasteiger partial charge in [0.1, 0.15) is 18.4 Å². The highest BCUT2D eigenvalue weighted by molar-refractivity contribution is 7.80. The van der Waals surface area contributed by atoms with Crippen molar-refractivity contribution in [2.24, 2.45) is 5.10 Å². The molecule has 0 saturated carbocycles. The van der Waals surface area contributed by atoms with E-state index in [-0.39, 0.29) is 39.0 Å². The summed E-state index contributed by atoms with van der Waals surface area (Å²) in [6, 6.07) is -2.46. The Kier molecular flexibility index (Phi) is 6.03. The molecule has 6 N–H and O–H groups in total. The molecule has 4 amide bonds. The van der Waals surface area contributed by atoms with Gasteiger partial charge >= 0.3 is 16.4 Å². The molecule has 0 aliphatic carbocycles. The molecule has 2 bridgehead atoms. The average molecular weight is 436 g/mol. The fourth-order valence-electron chi connectivity index (χ4n) is 3.20. The molecule has 3 heterocycles. The summed E-state index contributed by atoms with van der Waals surface area (Å²) in [6.45, 7) is -0.357. The highest BCUT2D eigenvalue weighted by Crippen LogP contribution is 2.30. The lowest BCUT2D eigenvalue weighted by Gasteiger charge is -2.29. The van der Waals surface area contributed by atoms with E-state index in [9.17, 15) is 22.8 Å². The smallest absolute Gasteiger partial charge is 0.396 e. The van der Waals surface area contributed by atoms with Crippen LogP contribution in [0.25, 0.3) is 0 Å². The number of hydrazine groups is 3. The van der Waals surface area contributed by atoms with Crippen molar-refractivity contribution in [2.75, 3.05) is 19.7 Å². The quantitative estimate of drug-likeness (QED) is 0.168. The van der Waals surface area contributed by atoms with Crippen molar-refractivity contribution in [1.29, 1.82) is 0 Å². The minimum absolute atomic E-state index is 0.0325. The van der Waals surface area contributed by atoms with Gasteiger partial charge in [-0.05, 0) is 12.8 Å². The van der Waals surface area contributed by atoms with Gasteiger partial charge in [-0.1, -0.05) is 0 Å². The summed E-state index contributed by atoms with van der Waals surface area (Å²) in [5.74, 6) is -0.873. The van der Waals surface area contributed by atoms with Gasteiger partial charge < -0.3 is 10.0 Å². The highest BCUT2D eigenvalue weighted by atomic mass is 32.3. The van der Waals surface area contributed by atoms with E-state index in [2.05, 4.69) is 31.3 Å². The number of amidine groups is 1. The topological polar surface area (TPSA) is 205 Å². The number of carbonyl (C=O) groups excluding carboxylic acids is 3. The van der Waals surface area contributed by atoms with E-state index in [1.165, 1.54) is 5.01 Å². The second kappa shape index (κ2) is 8.33. The first-order chi connectivity index (χ1) is 13.7. The van der Waals surface area contributed by atoms with Gasteiger partial charge in [-0.25, -0.2) is 10.3 Å². The molecule has 3 aliphatic rings. The molecular formula is C12H20N8O8S. The Hall–Kier alpha value is -2.73. The molecule has 0 aromatic carbocycles. The van der Waals surface area contributed by atoms with E-state index in [0.717, 1.165) is 4.90 Å². The third kappa shape index (κ3) is 4.82. The Bertz CT molecular complexity index is 819. The van der Waals surface area contributed by atoms with Crippen LogP contribution in [0.15, 0.2) is 5.10 Å². The maximum atomic E-state index is 12.4.